The zero-order valence-corrected chi connectivity index (χ0v) is 26.7. The van der Waals surface area contributed by atoms with Crippen LogP contribution in [0.5, 0.6) is 0 Å². The first-order chi connectivity index (χ1) is 24.7. The Morgan fingerprint density at radius 3 is 1.60 bits per heavy atom. The molecule has 0 fully saturated rings. The van der Waals surface area contributed by atoms with E-state index in [1.165, 1.54) is 10.8 Å². The van der Waals surface area contributed by atoms with Gasteiger partial charge in [0.2, 0.25) is 0 Å². The summed E-state index contributed by atoms with van der Waals surface area (Å²) in [7, 11) is 0. The minimum atomic E-state index is 0.400. The molecule has 0 unspecified atom stereocenters. The lowest BCUT2D eigenvalue weighted by Crippen LogP contribution is -2.01. The van der Waals surface area contributed by atoms with Crippen molar-refractivity contribution in [2.45, 2.75) is 0 Å². The zero-order valence-electron chi connectivity index (χ0n) is 26.7. The van der Waals surface area contributed by atoms with Crippen LogP contribution in [0.2, 0.25) is 0 Å². The van der Waals surface area contributed by atoms with Gasteiger partial charge in [0.05, 0.1) is 62.7 Å². The number of benzene rings is 7. The van der Waals surface area contributed by atoms with Gasteiger partial charge in [0.1, 0.15) is 0 Å². The molecular weight excluding hydrogens is 611 g/mol. The molecule has 0 saturated heterocycles. The maximum Gasteiger partial charge on any atom is 0.0999 e. The van der Waals surface area contributed by atoms with E-state index in [2.05, 4.69) is 112 Å². The number of aromatic nitrogens is 2. The first-order valence-corrected chi connectivity index (χ1v) is 16.3. The highest BCUT2D eigenvalue weighted by molar-refractivity contribution is 6.11. The van der Waals surface area contributed by atoms with Crippen LogP contribution >= 0.6 is 0 Å². The van der Waals surface area contributed by atoms with Gasteiger partial charge in [-0.05, 0) is 83.4 Å². The minimum Gasteiger partial charge on any atom is -0.309 e. The molecular formula is C45H25N5. The fraction of sp³-hybridized carbons (Fsp3) is 0. The van der Waals surface area contributed by atoms with Gasteiger partial charge in [-0.25, -0.2) is 0 Å². The smallest absolute Gasteiger partial charge is 0.0999 e. The average molecular weight is 636 g/mol. The molecule has 0 N–H and O–H groups in total. The van der Waals surface area contributed by atoms with Crippen LogP contribution in [0.1, 0.15) is 16.7 Å². The number of hydrogen-bond acceptors (Lipinski definition) is 3. The predicted octanol–water partition coefficient (Wildman–Crippen LogP) is 10.8. The van der Waals surface area contributed by atoms with Gasteiger partial charge in [0, 0.05) is 32.8 Å². The molecule has 2 aromatic heterocycles. The summed E-state index contributed by atoms with van der Waals surface area (Å²) in [6.07, 6.45) is 0. The first kappa shape index (κ1) is 28.8. The third-order valence-electron chi connectivity index (χ3n) is 9.60. The van der Waals surface area contributed by atoms with Crippen molar-refractivity contribution in [3.63, 3.8) is 0 Å². The molecule has 0 atom stereocenters. The molecule has 9 aromatic rings. The second kappa shape index (κ2) is 11.4. The standard InChI is InChI=1S/C45H25N5/c46-26-29-16-21-43-39(23-29)38-12-3-6-15-42(38)50(43)44-24-30(27-47)22-34(28-48)45(44)33-9-7-8-32(25-33)31-17-19-35(20-18-31)49-40-13-4-1-10-36(40)37-11-2-5-14-41(37)49/h1-25H. The molecule has 230 valence electrons. The van der Waals surface area contributed by atoms with E-state index in [1.807, 2.05) is 54.6 Å². The summed E-state index contributed by atoms with van der Waals surface area (Å²) in [5.74, 6) is 0. The maximum absolute atomic E-state index is 10.5. The first-order valence-electron chi connectivity index (χ1n) is 16.3. The van der Waals surface area contributed by atoms with Gasteiger partial charge in [0.15, 0.2) is 0 Å². The Bertz CT molecular complexity index is 2900. The molecule has 9 rings (SSSR count). The van der Waals surface area contributed by atoms with Gasteiger partial charge in [-0.2, -0.15) is 15.8 Å². The lowest BCUT2D eigenvalue weighted by atomic mass is 9.93. The summed E-state index contributed by atoms with van der Waals surface area (Å²) in [6, 6.07) is 57.9. The van der Waals surface area contributed by atoms with Gasteiger partial charge in [-0.3, -0.25) is 0 Å². The highest BCUT2D eigenvalue weighted by Crippen LogP contribution is 2.40. The Labute approximate surface area is 287 Å². The van der Waals surface area contributed by atoms with E-state index in [4.69, 9.17) is 0 Å². The normalized spacial score (nSPS) is 11.1. The lowest BCUT2D eigenvalue weighted by Gasteiger charge is -2.17. The Balaban J connectivity index is 1.21. The fourth-order valence-corrected chi connectivity index (χ4v) is 7.42. The quantitative estimate of drug-likeness (QED) is 0.193. The predicted molar refractivity (Wildman–Crippen MR) is 200 cm³/mol. The van der Waals surface area contributed by atoms with Crippen molar-refractivity contribution in [1.82, 2.24) is 9.13 Å². The zero-order chi connectivity index (χ0) is 33.8. The van der Waals surface area contributed by atoms with E-state index in [0.29, 0.717) is 16.7 Å². The number of fused-ring (bicyclic) bond motifs is 6. The molecule has 50 heavy (non-hydrogen) atoms. The van der Waals surface area contributed by atoms with Crippen LogP contribution in [-0.2, 0) is 0 Å². The molecule has 0 radical (unpaired) electrons. The van der Waals surface area contributed by atoms with Crippen molar-refractivity contribution in [3.05, 3.63) is 168 Å². The van der Waals surface area contributed by atoms with Crippen molar-refractivity contribution in [2.75, 3.05) is 0 Å². The topological polar surface area (TPSA) is 81.2 Å². The van der Waals surface area contributed by atoms with E-state index in [0.717, 1.165) is 66.5 Å². The van der Waals surface area contributed by atoms with Crippen molar-refractivity contribution in [1.29, 1.82) is 15.8 Å². The van der Waals surface area contributed by atoms with E-state index >= 15 is 0 Å². The molecule has 0 bridgehead atoms. The molecule has 0 aliphatic carbocycles. The van der Waals surface area contributed by atoms with Crippen molar-refractivity contribution < 1.29 is 0 Å². The Morgan fingerprint density at radius 2 is 0.960 bits per heavy atom. The van der Waals surface area contributed by atoms with Crippen LogP contribution in [0.25, 0.3) is 77.2 Å². The molecule has 2 heterocycles. The van der Waals surface area contributed by atoms with Gasteiger partial charge >= 0.3 is 0 Å². The fourth-order valence-electron chi connectivity index (χ4n) is 7.42. The van der Waals surface area contributed by atoms with Crippen LogP contribution in [0.4, 0.5) is 0 Å². The van der Waals surface area contributed by atoms with Gasteiger partial charge in [0.25, 0.3) is 0 Å². The molecule has 0 saturated carbocycles. The lowest BCUT2D eigenvalue weighted by molar-refractivity contribution is 1.17. The summed E-state index contributed by atoms with van der Waals surface area (Å²) >= 11 is 0. The molecule has 5 heteroatoms. The van der Waals surface area contributed by atoms with Crippen molar-refractivity contribution in [2.24, 2.45) is 0 Å². The summed E-state index contributed by atoms with van der Waals surface area (Å²) in [4.78, 5) is 0. The number of hydrogen-bond donors (Lipinski definition) is 0. The van der Waals surface area contributed by atoms with Crippen molar-refractivity contribution in [3.8, 4) is 51.8 Å². The highest BCUT2D eigenvalue weighted by atomic mass is 15.0. The largest absolute Gasteiger partial charge is 0.309 e. The molecule has 7 aromatic carbocycles. The van der Waals surface area contributed by atoms with Gasteiger partial charge < -0.3 is 9.13 Å². The Kier molecular flexibility index (Phi) is 6.56. The van der Waals surface area contributed by atoms with Crippen LogP contribution in [0.3, 0.4) is 0 Å². The SMILES string of the molecule is N#Cc1cc(C#N)c(-c2cccc(-c3ccc(-n4c5ccccc5c5ccccc54)cc3)c2)c(-n2c3ccccc3c3cc(C#N)ccc32)c1. The van der Waals surface area contributed by atoms with Crippen LogP contribution < -0.4 is 0 Å². The minimum absolute atomic E-state index is 0.400. The third-order valence-corrected chi connectivity index (χ3v) is 9.60. The summed E-state index contributed by atoms with van der Waals surface area (Å²) < 4.78 is 4.41. The van der Waals surface area contributed by atoms with Gasteiger partial charge in [-0.15, -0.1) is 0 Å². The number of nitrogens with zero attached hydrogens (tertiary/aromatic N) is 5. The number of rotatable bonds is 4. The molecule has 0 spiro atoms. The Morgan fingerprint density at radius 1 is 0.380 bits per heavy atom. The second-order valence-electron chi connectivity index (χ2n) is 12.3. The highest BCUT2D eigenvalue weighted by Gasteiger charge is 2.20. The summed E-state index contributed by atoms with van der Waals surface area (Å²) in [6.45, 7) is 0. The van der Waals surface area contributed by atoms with Crippen molar-refractivity contribution >= 4 is 43.6 Å². The molecule has 0 aliphatic heterocycles. The number of para-hydroxylation sites is 3. The second-order valence-corrected chi connectivity index (χ2v) is 12.3. The summed E-state index contributed by atoms with van der Waals surface area (Å²) in [5.41, 5.74) is 11.0. The summed E-state index contributed by atoms with van der Waals surface area (Å²) in [5, 5.41) is 34.5. The molecule has 0 amide bonds. The van der Waals surface area contributed by atoms with Gasteiger partial charge in [-0.1, -0.05) is 84.9 Å². The van der Waals surface area contributed by atoms with E-state index in [1.54, 1.807) is 12.1 Å². The number of nitriles is 3. The maximum atomic E-state index is 10.5. The Hall–Kier alpha value is -7.39. The van der Waals surface area contributed by atoms with Crippen LogP contribution in [0.15, 0.2) is 152 Å². The van der Waals surface area contributed by atoms with Crippen LogP contribution in [0, 0.1) is 34.0 Å². The van der Waals surface area contributed by atoms with E-state index < -0.39 is 0 Å². The van der Waals surface area contributed by atoms with E-state index in [9.17, 15) is 15.8 Å². The van der Waals surface area contributed by atoms with E-state index in [-0.39, 0.29) is 0 Å². The molecule has 5 nitrogen and oxygen atoms in total. The average Bonchev–Trinajstić information content (AvgIpc) is 3.70. The third kappa shape index (κ3) is 4.38. The molecule has 0 aliphatic rings. The van der Waals surface area contributed by atoms with Crippen LogP contribution in [-0.4, -0.2) is 9.13 Å². The monoisotopic (exact) mass is 635 g/mol.